The number of ether oxygens (including phenoxy) is 1. The highest BCUT2D eigenvalue weighted by Crippen LogP contribution is 2.34. The third kappa shape index (κ3) is 4.26. The van der Waals surface area contributed by atoms with Crippen molar-refractivity contribution in [1.29, 1.82) is 0 Å². The van der Waals surface area contributed by atoms with Gasteiger partial charge in [0.1, 0.15) is 11.9 Å². The molecule has 0 aliphatic carbocycles. The van der Waals surface area contributed by atoms with Gasteiger partial charge in [-0.05, 0) is 36.6 Å². The molecular formula is C26H25N5O3S. The summed E-state index contributed by atoms with van der Waals surface area (Å²) >= 11 is 1.26. The van der Waals surface area contributed by atoms with Crippen LogP contribution in [0.3, 0.4) is 0 Å². The number of amides is 2. The number of rotatable bonds is 6. The molecule has 1 aromatic heterocycles. The Labute approximate surface area is 206 Å². The van der Waals surface area contributed by atoms with Gasteiger partial charge in [0.2, 0.25) is 5.91 Å². The summed E-state index contributed by atoms with van der Waals surface area (Å²) in [7, 11) is 0. The van der Waals surface area contributed by atoms with Gasteiger partial charge >= 0.3 is 0 Å². The summed E-state index contributed by atoms with van der Waals surface area (Å²) in [6.45, 7) is 1.27. The van der Waals surface area contributed by atoms with E-state index < -0.39 is 6.04 Å². The number of carbonyl (C=O) groups is 2. The van der Waals surface area contributed by atoms with Crippen molar-refractivity contribution in [3.8, 4) is 0 Å². The monoisotopic (exact) mass is 487 g/mol. The van der Waals surface area contributed by atoms with Gasteiger partial charge in [0.05, 0.1) is 17.5 Å². The second-order valence-corrected chi connectivity index (χ2v) is 9.79. The van der Waals surface area contributed by atoms with Gasteiger partial charge in [-0.1, -0.05) is 42.1 Å². The van der Waals surface area contributed by atoms with Gasteiger partial charge in [0.25, 0.3) is 5.91 Å². The number of benzene rings is 2. The fourth-order valence-corrected chi connectivity index (χ4v) is 5.59. The summed E-state index contributed by atoms with van der Waals surface area (Å²) in [5.74, 6) is 0.545. The second kappa shape index (κ2) is 9.31. The van der Waals surface area contributed by atoms with Crippen LogP contribution in [0.1, 0.15) is 24.0 Å². The van der Waals surface area contributed by atoms with Gasteiger partial charge in [-0.25, -0.2) is 9.89 Å². The number of amidine groups is 2. The second-order valence-electron chi connectivity index (χ2n) is 8.85. The summed E-state index contributed by atoms with van der Waals surface area (Å²) < 4.78 is 5.57. The van der Waals surface area contributed by atoms with E-state index in [1.165, 1.54) is 11.8 Å². The van der Waals surface area contributed by atoms with Crippen LogP contribution in [0.2, 0.25) is 0 Å². The molecular weight excluding hydrogens is 462 g/mol. The lowest BCUT2D eigenvalue weighted by atomic mass is 10.1. The molecule has 2 amide bonds. The van der Waals surface area contributed by atoms with E-state index in [9.17, 15) is 9.59 Å². The number of H-pyrrole nitrogens is 1. The van der Waals surface area contributed by atoms with Gasteiger partial charge in [0.15, 0.2) is 5.17 Å². The van der Waals surface area contributed by atoms with Crippen molar-refractivity contribution in [2.75, 3.05) is 18.9 Å². The average molecular weight is 488 g/mol. The summed E-state index contributed by atoms with van der Waals surface area (Å²) in [6, 6.07) is 15.2. The molecule has 4 heterocycles. The fourth-order valence-electron chi connectivity index (χ4n) is 4.75. The van der Waals surface area contributed by atoms with Gasteiger partial charge in [-0.3, -0.25) is 14.6 Å². The number of para-hydroxylation sites is 2. The molecule has 0 radical (unpaired) electrons. The number of fused-ring (bicyclic) bond motifs is 4. The molecule has 3 aromatic rings. The molecule has 3 aliphatic rings. The van der Waals surface area contributed by atoms with Crippen LogP contribution in [-0.4, -0.2) is 63.8 Å². The molecule has 0 bridgehead atoms. The van der Waals surface area contributed by atoms with E-state index in [1.54, 1.807) is 4.90 Å². The van der Waals surface area contributed by atoms with Crippen LogP contribution in [0.25, 0.3) is 10.9 Å². The van der Waals surface area contributed by atoms with Crippen molar-refractivity contribution >= 4 is 51.2 Å². The standard InChI is InChI=1S/C26H25N5O3S/c32-23(28-14-17-6-5-11-34-17)15-35-26-30-21-10-4-2-8-19(21)24-29-22(25(33)31(24)26)12-16-13-27-20-9-3-1-7-18(16)20/h1-4,7-10,13,17,22,27H,5-6,11-12,14-15H2,(H,28,32). The van der Waals surface area contributed by atoms with E-state index in [-0.39, 0.29) is 23.7 Å². The Balaban J connectivity index is 1.21. The number of aromatic amines is 1. The van der Waals surface area contributed by atoms with E-state index in [0.717, 1.165) is 47.2 Å². The summed E-state index contributed by atoms with van der Waals surface area (Å²) in [5.41, 5.74) is 3.67. The minimum absolute atomic E-state index is 0.0898. The van der Waals surface area contributed by atoms with Crippen LogP contribution in [0.15, 0.2) is 64.7 Å². The van der Waals surface area contributed by atoms with E-state index in [4.69, 9.17) is 14.7 Å². The molecule has 0 saturated carbocycles. The SMILES string of the molecule is O=C(CSC1=Nc2ccccc2C2=NC(Cc3c[nH]c4ccccc34)C(=O)N12)NCC1CCCO1. The first-order chi connectivity index (χ1) is 17.2. The molecule has 8 nitrogen and oxygen atoms in total. The van der Waals surface area contributed by atoms with Gasteiger partial charge in [0, 0.05) is 42.2 Å². The molecule has 2 N–H and O–H groups in total. The Morgan fingerprint density at radius 2 is 2.06 bits per heavy atom. The Bertz CT molecular complexity index is 1360. The first-order valence-electron chi connectivity index (χ1n) is 11.8. The maximum Gasteiger partial charge on any atom is 0.259 e. The first kappa shape index (κ1) is 22.1. The normalized spacial score (nSPS) is 21.0. The Kier molecular flexibility index (Phi) is 5.87. The molecule has 1 saturated heterocycles. The highest BCUT2D eigenvalue weighted by molar-refractivity contribution is 8.14. The summed E-state index contributed by atoms with van der Waals surface area (Å²) in [5, 5.41) is 4.51. The lowest BCUT2D eigenvalue weighted by molar-refractivity contribution is -0.124. The smallest absolute Gasteiger partial charge is 0.259 e. The Morgan fingerprint density at radius 3 is 2.94 bits per heavy atom. The van der Waals surface area contributed by atoms with Gasteiger partial charge < -0.3 is 15.0 Å². The number of carbonyl (C=O) groups excluding carboxylic acids is 2. The zero-order valence-electron chi connectivity index (χ0n) is 19.1. The van der Waals surface area contributed by atoms with Crippen molar-refractivity contribution in [2.24, 2.45) is 9.98 Å². The van der Waals surface area contributed by atoms with Crippen molar-refractivity contribution in [3.05, 3.63) is 65.9 Å². The molecule has 6 rings (SSSR count). The van der Waals surface area contributed by atoms with Crippen molar-refractivity contribution < 1.29 is 14.3 Å². The lowest BCUT2D eigenvalue weighted by Gasteiger charge is -2.25. The molecule has 2 atom stereocenters. The van der Waals surface area contributed by atoms with Crippen LogP contribution in [-0.2, 0) is 20.7 Å². The van der Waals surface area contributed by atoms with E-state index in [0.29, 0.717) is 24.0 Å². The van der Waals surface area contributed by atoms with Crippen LogP contribution in [0, 0.1) is 0 Å². The molecule has 2 unspecified atom stereocenters. The van der Waals surface area contributed by atoms with E-state index in [1.807, 2.05) is 54.7 Å². The molecule has 0 spiro atoms. The number of nitrogens with one attached hydrogen (secondary N) is 2. The van der Waals surface area contributed by atoms with Crippen molar-refractivity contribution in [2.45, 2.75) is 31.4 Å². The quantitative estimate of drug-likeness (QED) is 0.557. The molecule has 1 fully saturated rings. The van der Waals surface area contributed by atoms with Gasteiger partial charge in [-0.2, -0.15) is 0 Å². The van der Waals surface area contributed by atoms with E-state index >= 15 is 0 Å². The number of hydrogen-bond donors (Lipinski definition) is 2. The minimum Gasteiger partial charge on any atom is -0.376 e. The highest BCUT2D eigenvalue weighted by Gasteiger charge is 2.41. The lowest BCUT2D eigenvalue weighted by Crippen LogP contribution is -2.42. The van der Waals surface area contributed by atoms with Crippen LogP contribution < -0.4 is 5.32 Å². The maximum atomic E-state index is 13.6. The molecule has 2 aromatic carbocycles. The summed E-state index contributed by atoms with van der Waals surface area (Å²) in [6.07, 6.45) is 4.53. The van der Waals surface area contributed by atoms with Crippen LogP contribution in [0.5, 0.6) is 0 Å². The van der Waals surface area contributed by atoms with E-state index in [2.05, 4.69) is 10.3 Å². The molecule has 35 heavy (non-hydrogen) atoms. The predicted molar refractivity (Wildman–Crippen MR) is 137 cm³/mol. The predicted octanol–water partition coefficient (Wildman–Crippen LogP) is 3.40. The Hall–Kier alpha value is -3.43. The molecule has 3 aliphatic heterocycles. The zero-order valence-corrected chi connectivity index (χ0v) is 19.9. The highest BCUT2D eigenvalue weighted by atomic mass is 32.2. The first-order valence-corrected chi connectivity index (χ1v) is 12.8. The summed E-state index contributed by atoms with van der Waals surface area (Å²) in [4.78, 5) is 40.5. The fraction of sp³-hybridized carbons (Fsp3) is 0.308. The third-order valence-electron chi connectivity index (χ3n) is 6.52. The van der Waals surface area contributed by atoms with Crippen LogP contribution in [0.4, 0.5) is 5.69 Å². The van der Waals surface area contributed by atoms with Crippen molar-refractivity contribution in [3.63, 3.8) is 0 Å². The van der Waals surface area contributed by atoms with Crippen LogP contribution >= 0.6 is 11.8 Å². The number of aliphatic imine (C=N–C) groups is 2. The Morgan fingerprint density at radius 1 is 1.20 bits per heavy atom. The zero-order chi connectivity index (χ0) is 23.8. The third-order valence-corrected chi connectivity index (χ3v) is 7.46. The van der Waals surface area contributed by atoms with Gasteiger partial charge in [-0.15, -0.1) is 0 Å². The van der Waals surface area contributed by atoms with Crippen molar-refractivity contribution in [1.82, 2.24) is 15.2 Å². The molecule has 9 heteroatoms. The number of aromatic nitrogens is 1. The average Bonchev–Trinajstić information content (AvgIpc) is 3.62. The number of hydrogen-bond acceptors (Lipinski definition) is 6. The largest absolute Gasteiger partial charge is 0.376 e. The maximum absolute atomic E-state index is 13.6. The number of nitrogens with zero attached hydrogens (tertiary/aromatic N) is 3. The number of thioether (sulfide) groups is 1. The minimum atomic E-state index is -0.547. The topological polar surface area (TPSA) is 99.2 Å². The molecule has 178 valence electrons.